The Hall–Kier alpha value is -1.10. The lowest BCUT2D eigenvalue weighted by molar-refractivity contribution is -0.126. The molecule has 0 amide bonds. The van der Waals surface area contributed by atoms with Crippen LogP contribution in [0.1, 0.15) is 29.7 Å². The molecule has 1 aromatic rings. The van der Waals surface area contributed by atoms with Crippen LogP contribution in [0.15, 0.2) is 18.2 Å². The van der Waals surface area contributed by atoms with E-state index >= 15 is 0 Å². The van der Waals surface area contributed by atoms with Crippen LogP contribution in [0.5, 0.6) is 0 Å². The third-order valence-corrected chi connectivity index (χ3v) is 2.71. The largest absolute Gasteiger partial charge is 0.319 e. The van der Waals surface area contributed by atoms with Crippen molar-refractivity contribution in [2.24, 2.45) is 0 Å². The number of hydrogen-bond acceptors (Lipinski definition) is 1. The highest BCUT2D eigenvalue weighted by Crippen LogP contribution is 2.23. The molecule has 0 bridgehead atoms. The predicted octanol–water partition coefficient (Wildman–Crippen LogP) is 3.85. The van der Waals surface area contributed by atoms with E-state index in [9.17, 15) is 17.6 Å². The maximum absolute atomic E-state index is 12.8. The van der Waals surface area contributed by atoms with Gasteiger partial charge in [-0.25, -0.2) is 8.78 Å². The number of alkyl halides is 4. The zero-order valence-electron chi connectivity index (χ0n) is 10.6. The van der Waals surface area contributed by atoms with Gasteiger partial charge in [0.1, 0.15) is 0 Å². The van der Waals surface area contributed by atoms with Gasteiger partial charge in [-0.3, -0.25) is 0 Å². The Kier molecular flexibility index (Phi) is 4.73. The van der Waals surface area contributed by atoms with Crippen molar-refractivity contribution in [3.63, 3.8) is 0 Å². The number of hydrogen-bond donors (Lipinski definition) is 1. The fourth-order valence-corrected chi connectivity index (χ4v) is 1.74. The molecule has 0 aliphatic heterocycles. The van der Waals surface area contributed by atoms with Gasteiger partial charge in [-0.15, -0.1) is 0 Å². The quantitative estimate of drug-likeness (QED) is 0.795. The van der Waals surface area contributed by atoms with E-state index < -0.39 is 24.9 Å². The number of aryl methyl sites for hydroxylation is 2. The van der Waals surface area contributed by atoms with Crippen LogP contribution in [0.2, 0.25) is 0 Å². The van der Waals surface area contributed by atoms with Gasteiger partial charge < -0.3 is 5.32 Å². The van der Waals surface area contributed by atoms with Gasteiger partial charge in [-0.1, -0.05) is 29.3 Å². The molecule has 0 heterocycles. The minimum atomic E-state index is -3.99. The molecule has 18 heavy (non-hydrogen) atoms. The molecule has 1 unspecified atom stereocenters. The summed E-state index contributed by atoms with van der Waals surface area (Å²) in [5, 5.41) is 2.44. The minimum Gasteiger partial charge on any atom is -0.304 e. The first-order valence-corrected chi connectivity index (χ1v) is 5.70. The second-order valence-corrected chi connectivity index (χ2v) is 4.59. The summed E-state index contributed by atoms with van der Waals surface area (Å²) >= 11 is 0. The molecule has 0 radical (unpaired) electrons. The van der Waals surface area contributed by atoms with Gasteiger partial charge >= 0.3 is 12.3 Å². The second-order valence-electron chi connectivity index (χ2n) is 4.59. The standard InChI is InChI=1S/C13H17F4N/c1-8-4-9(2)6-11(5-8)10(3)18-7-13(16,17)12(14)15/h4-6,10,12,18H,7H2,1-3H3. The van der Waals surface area contributed by atoms with Gasteiger partial charge in [-0.2, -0.15) is 8.78 Å². The van der Waals surface area contributed by atoms with Gasteiger partial charge in [-0.05, 0) is 26.3 Å². The van der Waals surface area contributed by atoms with Crippen LogP contribution in [0.4, 0.5) is 17.6 Å². The second kappa shape index (κ2) is 5.69. The Morgan fingerprint density at radius 2 is 1.61 bits per heavy atom. The summed E-state index contributed by atoms with van der Waals surface area (Å²) in [7, 11) is 0. The molecule has 1 rings (SSSR count). The molecule has 1 atom stereocenters. The lowest BCUT2D eigenvalue weighted by Gasteiger charge is -2.20. The lowest BCUT2D eigenvalue weighted by atomic mass is 10.0. The highest BCUT2D eigenvalue weighted by atomic mass is 19.3. The normalized spacial score (nSPS) is 14.0. The smallest absolute Gasteiger partial charge is 0.304 e. The molecule has 1 aromatic carbocycles. The Morgan fingerprint density at radius 3 is 2.06 bits per heavy atom. The summed E-state index contributed by atoms with van der Waals surface area (Å²) in [6.45, 7) is 4.45. The van der Waals surface area contributed by atoms with Crippen LogP contribution in [0.25, 0.3) is 0 Å². The molecule has 0 saturated heterocycles. The molecule has 1 N–H and O–H groups in total. The van der Waals surface area contributed by atoms with Crippen LogP contribution in [-0.2, 0) is 0 Å². The summed E-state index contributed by atoms with van der Waals surface area (Å²) in [6.07, 6.45) is -3.64. The number of rotatable bonds is 5. The molecule has 102 valence electrons. The van der Waals surface area contributed by atoms with Crippen molar-refractivity contribution in [3.8, 4) is 0 Å². The first kappa shape index (κ1) is 15.0. The van der Waals surface area contributed by atoms with Crippen LogP contribution in [0.3, 0.4) is 0 Å². The zero-order chi connectivity index (χ0) is 13.9. The van der Waals surface area contributed by atoms with Crippen LogP contribution >= 0.6 is 0 Å². The molecule has 1 nitrogen and oxygen atoms in total. The van der Waals surface area contributed by atoms with Crippen molar-refractivity contribution >= 4 is 0 Å². The van der Waals surface area contributed by atoms with E-state index in [4.69, 9.17) is 0 Å². The van der Waals surface area contributed by atoms with E-state index in [0.717, 1.165) is 16.7 Å². The summed E-state index contributed by atoms with van der Waals surface area (Å²) in [6, 6.07) is 5.27. The predicted molar refractivity (Wildman–Crippen MR) is 63.3 cm³/mol. The highest BCUT2D eigenvalue weighted by Gasteiger charge is 2.40. The topological polar surface area (TPSA) is 12.0 Å². The maximum atomic E-state index is 12.8. The molecule has 5 heteroatoms. The molecular formula is C13H17F4N. The van der Waals surface area contributed by atoms with Gasteiger partial charge in [0, 0.05) is 6.04 Å². The summed E-state index contributed by atoms with van der Waals surface area (Å²) < 4.78 is 49.5. The Balaban J connectivity index is 2.68. The molecule has 0 fully saturated rings. The summed E-state index contributed by atoms with van der Waals surface area (Å²) in [4.78, 5) is 0. The molecule has 0 aliphatic rings. The van der Waals surface area contributed by atoms with Crippen LogP contribution in [0, 0.1) is 13.8 Å². The lowest BCUT2D eigenvalue weighted by Crippen LogP contribution is -2.39. The van der Waals surface area contributed by atoms with Gasteiger partial charge in [0.05, 0.1) is 6.54 Å². The summed E-state index contributed by atoms with van der Waals surface area (Å²) in [5.74, 6) is -3.99. The zero-order valence-corrected chi connectivity index (χ0v) is 10.6. The van der Waals surface area contributed by atoms with Crippen molar-refractivity contribution in [2.45, 2.75) is 39.2 Å². The van der Waals surface area contributed by atoms with Gasteiger partial charge in [0.2, 0.25) is 0 Å². The molecule has 0 spiro atoms. The molecule has 0 aliphatic carbocycles. The van der Waals surface area contributed by atoms with E-state index in [0.29, 0.717) is 0 Å². The van der Waals surface area contributed by atoms with E-state index in [2.05, 4.69) is 5.32 Å². The SMILES string of the molecule is Cc1cc(C)cc(C(C)NCC(F)(F)C(F)F)c1. The van der Waals surface area contributed by atoms with Gasteiger partial charge in [0.25, 0.3) is 0 Å². The Morgan fingerprint density at radius 1 is 1.11 bits per heavy atom. The number of benzene rings is 1. The number of halogens is 4. The van der Waals surface area contributed by atoms with Crippen molar-refractivity contribution in [2.75, 3.05) is 6.54 Å². The fraction of sp³-hybridized carbons (Fsp3) is 0.538. The first-order valence-electron chi connectivity index (χ1n) is 5.70. The van der Waals surface area contributed by atoms with E-state index in [1.807, 2.05) is 32.0 Å². The van der Waals surface area contributed by atoms with Crippen molar-refractivity contribution in [1.82, 2.24) is 5.32 Å². The highest BCUT2D eigenvalue weighted by molar-refractivity contribution is 5.30. The monoisotopic (exact) mass is 263 g/mol. The van der Waals surface area contributed by atoms with Crippen molar-refractivity contribution in [3.05, 3.63) is 34.9 Å². The van der Waals surface area contributed by atoms with E-state index in [-0.39, 0.29) is 0 Å². The molecule has 0 aromatic heterocycles. The van der Waals surface area contributed by atoms with Crippen molar-refractivity contribution < 1.29 is 17.6 Å². The number of nitrogens with one attached hydrogen (secondary N) is 1. The van der Waals surface area contributed by atoms with Crippen LogP contribution < -0.4 is 5.32 Å². The average Bonchev–Trinajstić information content (AvgIpc) is 2.24. The van der Waals surface area contributed by atoms with Crippen LogP contribution in [-0.4, -0.2) is 18.9 Å². The molecule has 0 saturated carbocycles. The Labute approximate surface area is 104 Å². The average molecular weight is 263 g/mol. The van der Waals surface area contributed by atoms with E-state index in [1.54, 1.807) is 6.92 Å². The minimum absolute atomic E-state index is 0.395. The first-order chi connectivity index (χ1) is 8.22. The summed E-state index contributed by atoms with van der Waals surface area (Å²) in [5.41, 5.74) is 2.84. The van der Waals surface area contributed by atoms with E-state index in [1.165, 1.54) is 0 Å². The third-order valence-electron chi connectivity index (χ3n) is 2.71. The van der Waals surface area contributed by atoms with Crippen molar-refractivity contribution in [1.29, 1.82) is 0 Å². The molecular weight excluding hydrogens is 246 g/mol. The third kappa shape index (κ3) is 3.98. The maximum Gasteiger partial charge on any atom is 0.319 e. The fourth-order valence-electron chi connectivity index (χ4n) is 1.74. The van der Waals surface area contributed by atoms with Gasteiger partial charge in [0.15, 0.2) is 0 Å². The Bertz CT molecular complexity index is 384.